The molecule has 18 heavy (non-hydrogen) atoms. The Morgan fingerprint density at radius 3 is 2.72 bits per heavy atom. The number of carbonyl (C=O) groups excluding carboxylic acids is 2. The minimum atomic E-state index is -0.232. The normalized spacial score (nSPS) is 39.4. The van der Waals surface area contributed by atoms with E-state index in [9.17, 15) is 9.59 Å². The average Bonchev–Trinajstić information content (AvgIpc) is 2.87. The first-order chi connectivity index (χ1) is 8.58. The average molecular weight is 254 g/mol. The Morgan fingerprint density at radius 2 is 2.11 bits per heavy atom. The van der Waals surface area contributed by atoms with Gasteiger partial charge < -0.3 is 9.47 Å². The summed E-state index contributed by atoms with van der Waals surface area (Å²) in [6.07, 6.45) is 2.40. The van der Waals surface area contributed by atoms with Crippen LogP contribution in [-0.2, 0) is 19.1 Å². The Morgan fingerprint density at radius 1 is 1.39 bits per heavy atom. The van der Waals surface area contributed by atoms with Gasteiger partial charge in [-0.2, -0.15) is 0 Å². The molecule has 6 atom stereocenters. The second-order valence-electron chi connectivity index (χ2n) is 5.78. The Labute approximate surface area is 108 Å². The maximum atomic E-state index is 11.9. The van der Waals surface area contributed by atoms with Crippen LogP contribution >= 0.6 is 0 Å². The van der Waals surface area contributed by atoms with Crippen molar-refractivity contribution >= 4 is 12.4 Å². The summed E-state index contributed by atoms with van der Waals surface area (Å²) in [7, 11) is 0. The fraction of sp³-hybridized carbons (Fsp3) is 0.857. The van der Waals surface area contributed by atoms with E-state index < -0.39 is 0 Å². The molecule has 2 aliphatic rings. The molecule has 102 valence electrons. The van der Waals surface area contributed by atoms with E-state index in [4.69, 9.17) is 9.47 Å². The van der Waals surface area contributed by atoms with Gasteiger partial charge in [-0.1, -0.05) is 20.8 Å². The molecule has 4 nitrogen and oxygen atoms in total. The van der Waals surface area contributed by atoms with Crippen LogP contribution in [0, 0.1) is 23.7 Å². The summed E-state index contributed by atoms with van der Waals surface area (Å²) in [5.41, 5.74) is 0. The zero-order chi connectivity index (χ0) is 13.3. The van der Waals surface area contributed by atoms with Gasteiger partial charge in [0.15, 0.2) is 0 Å². The largest absolute Gasteiger partial charge is 0.460 e. The van der Waals surface area contributed by atoms with Crippen molar-refractivity contribution in [3.8, 4) is 0 Å². The van der Waals surface area contributed by atoms with Crippen LogP contribution in [0.3, 0.4) is 0 Å². The summed E-state index contributed by atoms with van der Waals surface area (Å²) in [6.45, 7) is 6.50. The van der Waals surface area contributed by atoms with Gasteiger partial charge in [-0.3, -0.25) is 9.59 Å². The molecule has 2 aliphatic carbocycles. The third-order valence-corrected chi connectivity index (χ3v) is 4.67. The molecule has 0 N–H and O–H groups in total. The van der Waals surface area contributed by atoms with Gasteiger partial charge >= 0.3 is 5.97 Å². The monoisotopic (exact) mass is 254 g/mol. The standard InChI is InChI=1S/C14H22O4/c1-4-8(2)14(16)18-12-10-5-9(3)11(6-10)13(12)17-7-15/h7-13H,4-6H2,1-3H3. The molecule has 0 heterocycles. The van der Waals surface area contributed by atoms with Crippen molar-refractivity contribution in [2.24, 2.45) is 23.7 Å². The summed E-state index contributed by atoms with van der Waals surface area (Å²) >= 11 is 0. The van der Waals surface area contributed by atoms with Crippen LogP contribution in [0.4, 0.5) is 0 Å². The third-order valence-electron chi connectivity index (χ3n) is 4.67. The lowest BCUT2D eigenvalue weighted by molar-refractivity contribution is -0.171. The number of ether oxygens (including phenoxy) is 2. The van der Waals surface area contributed by atoms with Crippen molar-refractivity contribution in [1.29, 1.82) is 0 Å². The van der Waals surface area contributed by atoms with Crippen molar-refractivity contribution in [3.05, 3.63) is 0 Å². The van der Waals surface area contributed by atoms with Crippen molar-refractivity contribution in [2.75, 3.05) is 0 Å². The molecule has 0 aromatic heterocycles. The number of carbonyl (C=O) groups is 2. The number of fused-ring (bicyclic) bond motifs is 2. The highest BCUT2D eigenvalue weighted by Crippen LogP contribution is 2.50. The van der Waals surface area contributed by atoms with Gasteiger partial charge in [0.1, 0.15) is 12.2 Å². The van der Waals surface area contributed by atoms with E-state index in [0.29, 0.717) is 24.2 Å². The predicted octanol–water partition coefficient (Wildman–Crippen LogP) is 2.16. The van der Waals surface area contributed by atoms with Crippen LogP contribution in [0.15, 0.2) is 0 Å². The molecule has 4 heteroatoms. The zero-order valence-corrected chi connectivity index (χ0v) is 11.3. The Bertz CT molecular complexity index is 328. The Balaban J connectivity index is 2.03. The molecule has 2 bridgehead atoms. The smallest absolute Gasteiger partial charge is 0.309 e. The molecular formula is C14H22O4. The molecule has 0 aromatic carbocycles. The second kappa shape index (κ2) is 5.29. The summed E-state index contributed by atoms with van der Waals surface area (Å²) in [5, 5.41) is 0. The number of hydrogen-bond acceptors (Lipinski definition) is 4. The SMILES string of the molecule is CCC(C)C(=O)OC1C2CC(C)C(C2)C1OC=O. The highest BCUT2D eigenvalue weighted by Gasteiger charge is 2.54. The van der Waals surface area contributed by atoms with Gasteiger partial charge in [0.05, 0.1) is 5.92 Å². The number of esters is 1. The summed E-state index contributed by atoms with van der Waals surface area (Å²) in [5.74, 6) is 1.03. The van der Waals surface area contributed by atoms with E-state index in [1.807, 2.05) is 13.8 Å². The number of hydrogen-bond donors (Lipinski definition) is 0. The van der Waals surface area contributed by atoms with Crippen LogP contribution in [0.25, 0.3) is 0 Å². The molecule has 0 aliphatic heterocycles. The molecule has 0 spiro atoms. The van der Waals surface area contributed by atoms with Crippen LogP contribution in [0.2, 0.25) is 0 Å². The van der Waals surface area contributed by atoms with Crippen LogP contribution in [0.5, 0.6) is 0 Å². The highest BCUT2D eigenvalue weighted by molar-refractivity contribution is 5.72. The lowest BCUT2D eigenvalue weighted by Crippen LogP contribution is -2.41. The second-order valence-corrected chi connectivity index (χ2v) is 5.78. The van der Waals surface area contributed by atoms with Gasteiger partial charge in [0.2, 0.25) is 0 Å². The minimum Gasteiger partial charge on any atom is -0.460 e. The van der Waals surface area contributed by atoms with Crippen molar-refractivity contribution in [1.82, 2.24) is 0 Å². The molecule has 0 aromatic rings. The fourth-order valence-corrected chi connectivity index (χ4v) is 3.39. The van der Waals surface area contributed by atoms with E-state index in [2.05, 4.69) is 6.92 Å². The van der Waals surface area contributed by atoms with E-state index in [0.717, 1.165) is 19.3 Å². The molecule has 0 saturated heterocycles. The predicted molar refractivity (Wildman–Crippen MR) is 65.7 cm³/mol. The maximum Gasteiger partial charge on any atom is 0.309 e. The number of rotatable bonds is 5. The van der Waals surface area contributed by atoms with Gasteiger partial charge in [-0.25, -0.2) is 0 Å². The molecule has 0 radical (unpaired) electrons. The lowest BCUT2D eigenvalue weighted by atomic mass is 9.86. The van der Waals surface area contributed by atoms with Gasteiger partial charge in [-0.05, 0) is 25.2 Å². The fourth-order valence-electron chi connectivity index (χ4n) is 3.39. The van der Waals surface area contributed by atoms with Gasteiger partial charge in [0, 0.05) is 11.8 Å². The van der Waals surface area contributed by atoms with E-state index in [1.165, 1.54) is 0 Å². The summed E-state index contributed by atoms with van der Waals surface area (Å²) in [4.78, 5) is 22.5. The van der Waals surface area contributed by atoms with Crippen LogP contribution < -0.4 is 0 Å². The Kier molecular flexibility index (Phi) is 3.93. The molecule has 2 fully saturated rings. The molecule has 2 rings (SSSR count). The summed E-state index contributed by atoms with van der Waals surface area (Å²) in [6, 6.07) is 0. The quantitative estimate of drug-likeness (QED) is 0.557. The maximum absolute atomic E-state index is 11.9. The first kappa shape index (κ1) is 13.4. The van der Waals surface area contributed by atoms with Gasteiger partial charge in [-0.15, -0.1) is 0 Å². The van der Waals surface area contributed by atoms with E-state index in [1.54, 1.807) is 0 Å². The molecular weight excluding hydrogens is 232 g/mol. The van der Waals surface area contributed by atoms with Crippen LogP contribution in [-0.4, -0.2) is 24.6 Å². The molecule has 0 amide bonds. The summed E-state index contributed by atoms with van der Waals surface area (Å²) < 4.78 is 10.8. The minimum absolute atomic E-state index is 0.0848. The molecule has 2 saturated carbocycles. The first-order valence-electron chi connectivity index (χ1n) is 6.88. The van der Waals surface area contributed by atoms with Crippen molar-refractivity contribution in [3.63, 3.8) is 0 Å². The third kappa shape index (κ3) is 2.25. The van der Waals surface area contributed by atoms with Crippen molar-refractivity contribution in [2.45, 2.75) is 52.2 Å². The van der Waals surface area contributed by atoms with E-state index in [-0.39, 0.29) is 24.1 Å². The van der Waals surface area contributed by atoms with Gasteiger partial charge in [0.25, 0.3) is 6.47 Å². The topological polar surface area (TPSA) is 52.6 Å². The van der Waals surface area contributed by atoms with E-state index >= 15 is 0 Å². The lowest BCUT2D eigenvalue weighted by Gasteiger charge is -2.33. The van der Waals surface area contributed by atoms with Crippen LogP contribution in [0.1, 0.15) is 40.0 Å². The zero-order valence-electron chi connectivity index (χ0n) is 11.3. The first-order valence-corrected chi connectivity index (χ1v) is 6.88. The highest BCUT2D eigenvalue weighted by atomic mass is 16.6. The Hall–Kier alpha value is -1.06. The molecule has 6 unspecified atom stereocenters. The van der Waals surface area contributed by atoms with Crippen molar-refractivity contribution < 1.29 is 19.1 Å².